The number of carbonyl (C=O) groups is 2. The number of rotatable bonds is 4. The summed E-state index contributed by atoms with van der Waals surface area (Å²) >= 11 is 0. The Labute approximate surface area is 143 Å². The number of anilines is 1. The number of amides is 2. The lowest BCUT2D eigenvalue weighted by Crippen LogP contribution is -2.51. The number of ether oxygens (including phenoxy) is 1. The first-order valence-corrected chi connectivity index (χ1v) is 8.81. The van der Waals surface area contributed by atoms with Crippen LogP contribution in [0.4, 0.5) is 5.69 Å². The predicted octanol–water partition coefficient (Wildman–Crippen LogP) is 2.34. The van der Waals surface area contributed by atoms with Crippen LogP contribution >= 0.6 is 0 Å². The summed E-state index contributed by atoms with van der Waals surface area (Å²) in [4.78, 5) is 26.1. The first kappa shape index (κ1) is 17.0. The van der Waals surface area contributed by atoms with Crippen molar-refractivity contribution in [1.82, 2.24) is 5.32 Å². The second-order valence-corrected chi connectivity index (χ2v) is 6.93. The lowest BCUT2D eigenvalue weighted by molar-refractivity contribution is -0.130. The number of aryl methyl sites for hydroxylation is 2. The second kappa shape index (κ2) is 7.34. The summed E-state index contributed by atoms with van der Waals surface area (Å²) in [5.74, 6) is 0.258. The SMILES string of the molecule is Cc1ccc(N2CC(CNC(=O)C3CCCC3)OCC2=O)cc1C. The first-order chi connectivity index (χ1) is 11.5. The van der Waals surface area contributed by atoms with Gasteiger partial charge >= 0.3 is 0 Å². The average Bonchev–Trinajstić information content (AvgIpc) is 3.11. The predicted molar refractivity (Wildman–Crippen MR) is 93.0 cm³/mol. The number of carbonyl (C=O) groups excluding carboxylic acids is 2. The molecule has 3 rings (SSSR count). The van der Waals surface area contributed by atoms with Gasteiger partial charge in [-0.2, -0.15) is 0 Å². The van der Waals surface area contributed by atoms with Crippen LogP contribution in [0.2, 0.25) is 0 Å². The summed E-state index contributed by atoms with van der Waals surface area (Å²) in [6.45, 7) is 5.11. The third-order valence-electron chi connectivity index (χ3n) is 5.16. The maximum Gasteiger partial charge on any atom is 0.253 e. The van der Waals surface area contributed by atoms with E-state index in [9.17, 15) is 9.59 Å². The molecule has 2 amide bonds. The van der Waals surface area contributed by atoms with Crippen molar-refractivity contribution in [2.45, 2.75) is 45.6 Å². The van der Waals surface area contributed by atoms with Gasteiger partial charge < -0.3 is 15.0 Å². The molecule has 0 spiro atoms. The zero-order valence-corrected chi connectivity index (χ0v) is 14.5. The van der Waals surface area contributed by atoms with E-state index in [-0.39, 0.29) is 30.4 Å². The highest BCUT2D eigenvalue weighted by Crippen LogP contribution is 2.25. The fraction of sp³-hybridized carbons (Fsp3) is 0.579. The van der Waals surface area contributed by atoms with E-state index in [1.807, 2.05) is 25.1 Å². The Bertz CT molecular complexity index is 623. The van der Waals surface area contributed by atoms with Gasteiger partial charge in [0.05, 0.1) is 12.6 Å². The van der Waals surface area contributed by atoms with Gasteiger partial charge in [0.15, 0.2) is 0 Å². The molecular formula is C19H26N2O3. The number of nitrogens with one attached hydrogen (secondary N) is 1. The molecule has 1 saturated heterocycles. The Balaban J connectivity index is 1.59. The van der Waals surface area contributed by atoms with Crippen LogP contribution in [0.3, 0.4) is 0 Å². The average molecular weight is 330 g/mol. The maximum absolute atomic E-state index is 12.2. The summed E-state index contributed by atoms with van der Waals surface area (Å²) in [6, 6.07) is 6.04. The molecule has 2 fully saturated rings. The number of benzene rings is 1. The lowest BCUT2D eigenvalue weighted by Gasteiger charge is -2.33. The molecule has 1 heterocycles. The smallest absolute Gasteiger partial charge is 0.253 e. The van der Waals surface area contributed by atoms with E-state index < -0.39 is 0 Å². The van der Waals surface area contributed by atoms with Gasteiger partial charge in [-0.15, -0.1) is 0 Å². The van der Waals surface area contributed by atoms with Crippen molar-refractivity contribution in [2.75, 3.05) is 24.6 Å². The van der Waals surface area contributed by atoms with Crippen molar-refractivity contribution < 1.29 is 14.3 Å². The minimum Gasteiger partial charge on any atom is -0.365 e. The zero-order valence-electron chi connectivity index (χ0n) is 14.5. The molecule has 1 saturated carbocycles. The van der Waals surface area contributed by atoms with Crippen LogP contribution in [0.25, 0.3) is 0 Å². The van der Waals surface area contributed by atoms with Crippen molar-refractivity contribution in [2.24, 2.45) is 5.92 Å². The summed E-state index contributed by atoms with van der Waals surface area (Å²) < 4.78 is 5.60. The van der Waals surface area contributed by atoms with Crippen molar-refractivity contribution in [1.29, 1.82) is 0 Å². The molecule has 0 bridgehead atoms. The number of morpholine rings is 1. The van der Waals surface area contributed by atoms with Crippen molar-refractivity contribution in [3.8, 4) is 0 Å². The molecular weight excluding hydrogens is 304 g/mol. The highest BCUT2D eigenvalue weighted by atomic mass is 16.5. The molecule has 1 aliphatic carbocycles. The summed E-state index contributed by atoms with van der Waals surface area (Å²) in [6.07, 6.45) is 4.12. The molecule has 1 aromatic carbocycles. The van der Waals surface area contributed by atoms with E-state index in [0.717, 1.165) is 36.9 Å². The van der Waals surface area contributed by atoms with Crippen LogP contribution < -0.4 is 10.2 Å². The maximum atomic E-state index is 12.2. The molecule has 130 valence electrons. The molecule has 1 N–H and O–H groups in total. The zero-order chi connectivity index (χ0) is 17.1. The highest BCUT2D eigenvalue weighted by molar-refractivity contribution is 5.95. The van der Waals surface area contributed by atoms with Gasteiger partial charge in [0.2, 0.25) is 5.91 Å². The van der Waals surface area contributed by atoms with Crippen molar-refractivity contribution in [3.05, 3.63) is 29.3 Å². The van der Waals surface area contributed by atoms with Crippen LogP contribution in [0.15, 0.2) is 18.2 Å². The summed E-state index contributed by atoms with van der Waals surface area (Å²) in [5.41, 5.74) is 3.27. The molecule has 1 aromatic rings. The van der Waals surface area contributed by atoms with E-state index in [2.05, 4.69) is 12.2 Å². The van der Waals surface area contributed by atoms with Gasteiger partial charge in [-0.1, -0.05) is 18.9 Å². The fourth-order valence-corrected chi connectivity index (χ4v) is 3.44. The number of hydrogen-bond donors (Lipinski definition) is 1. The van der Waals surface area contributed by atoms with Gasteiger partial charge in [-0.05, 0) is 49.9 Å². The Morgan fingerprint density at radius 3 is 2.71 bits per heavy atom. The van der Waals surface area contributed by atoms with Gasteiger partial charge in [0.25, 0.3) is 5.91 Å². The minimum absolute atomic E-state index is 0.0309. The van der Waals surface area contributed by atoms with Crippen molar-refractivity contribution in [3.63, 3.8) is 0 Å². The largest absolute Gasteiger partial charge is 0.365 e. The Kier molecular flexibility index (Phi) is 5.19. The molecule has 24 heavy (non-hydrogen) atoms. The number of nitrogens with zero attached hydrogens (tertiary/aromatic N) is 1. The number of hydrogen-bond acceptors (Lipinski definition) is 3. The molecule has 5 heteroatoms. The van der Waals surface area contributed by atoms with Gasteiger partial charge in [-0.3, -0.25) is 9.59 Å². The molecule has 0 aromatic heterocycles. The van der Waals surface area contributed by atoms with Crippen LogP contribution in [-0.2, 0) is 14.3 Å². The fourth-order valence-electron chi connectivity index (χ4n) is 3.44. The standard InChI is InChI=1S/C19H26N2O3/c1-13-7-8-16(9-14(13)2)21-11-17(24-12-18(21)22)10-20-19(23)15-5-3-4-6-15/h7-9,15,17H,3-6,10-12H2,1-2H3,(H,20,23). The van der Waals surface area contributed by atoms with Crippen LogP contribution in [-0.4, -0.2) is 37.6 Å². The third kappa shape index (κ3) is 3.78. The quantitative estimate of drug-likeness (QED) is 0.922. The first-order valence-electron chi connectivity index (χ1n) is 8.81. The van der Waals surface area contributed by atoms with Crippen molar-refractivity contribution >= 4 is 17.5 Å². The lowest BCUT2D eigenvalue weighted by atomic mass is 10.1. The molecule has 5 nitrogen and oxygen atoms in total. The molecule has 2 aliphatic rings. The Morgan fingerprint density at radius 2 is 2.00 bits per heavy atom. The van der Waals surface area contributed by atoms with Crippen LogP contribution in [0.1, 0.15) is 36.8 Å². The van der Waals surface area contributed by atoms with E-state index in [1.54, 1.807) is 4.90 Å². The monoisotopic (exact) mass is 330 g/mol. The van der Waals surface area contributed by atoms with Crippen LogP contribution in [0, 0.1) is 19.8 Å². The summed E-state index contributed by atoms with van der Waals surface area (Å²) in [7, 11) is 0. The minimum atomic E-state index is -0.158. The van der Waals surface area contributed by atoms with Gasteiger partial charge in [0.1, 0.15) is 6.61 Å². The van der Waals surface area contributed by atoms with E-state index in [0.29, 0.717) is 13.1 Å². The second-order valence-electron chi connectivity index (χ2n) is 6.93. The highest BCUT2D eigenvalue weighted by Gasteiger charge is 2.29. The van der Waals surface area contributed by atoms with Gasteiger partial charge in [0, 0.05) is 18.2 Å². The molecule has 1 aliphatic heterocycles. The third-order valence-corrected chi connectivity index (χ3v) is 5.16. The van der Waals surface area contributed by atoms with E-state index in [4.69, 9.17) is 4.74 Å². The van der Waals surface area contributed by atoms with Gasteiger partial charge in [-0.25, -0.2) is 0 Å². The molecule has 1 unspecified atom stereocenters. The molecule has 1 atom stereocenters. The molecule has 0 radical (unpaired) electrons. The summed E-state index contributed by atoms with van der Waals surface area (Å²) in [5, 5.41) is 3.00. The van der Waals surface area contributed by atoms with Crippen LogP contribution in [0.5, 0.6) is 0 Å². The topological polar surface area (TPSA) is 58.6 Å². The Morgan fingerprint density at radius 1 is 1.25 bits per heavy atom. The van der Waals surface area contributed by atoms with E-state index >= 15 is 0 Å². The normalized spacial score (nSPS) is 22.0. The van der Waals surface area contributed by atoms with E-state index in [1.165, 1.54) is 5.56 Å². The Hall–Kier alpha value is -1.88.